The number of nitrogens with zero attached hydrogens (tertiary/aromatic N) is 3. The largest absolute Gasteiger partial charge is 0.434 e. The molecule has 31 heavy (non-hydrogen) atoms. The van der Waals surface area contributed by atoms with Crippen molar-refractivity contribution in [2.24, 2.45) is 12.8 Å². The van der Waals surface area contributed by atoms with Crippen molar-refractivity contribution in [3.8, 4) is 0 Å². The highest BCUT2D eigenvalue weighted by atomic mass is 79.9. The summed E-state index contributed by atoms with van der Waals surface area (Å²) in [6, 6.07) is 0.716. The van der Waals surface area contributed by atoms with E-state index < -0.39 is 45.7 Å². The van der Waals surface area contributed by atoms with Crippen LogP contribution < -0.4 is 11.1 Å². The summed E-state index contributed by atoms with van der Waals surface area (Å²) in [5.41, 5.74) is 1.94. The molecule has 0 fully saturated rings. The Morgan fingerprint density at radius 2 is 1.81 bits per heavy atom. The number of aromatic nitrogens is 3. The van der Waals surface area contributed by atoms with Crippen LogP contribution in [0.5, 0.6) is 0 Å². The maximum absolute atomic E-state index is 13.1. The number of anilines is 1. The van der Waals surface area contributed by atoms with Gasteiger partial charge in [-0.2, -0.15) is 31.4 Å². The summed E-state index contributed by atoms with van der Waals surface area (Å²) in [4.78, 5) is 27.4. The van der Waals surface area contributed by atoms with Gasteiger partial charge in [-0.3, -0.25) is 14.3 Å². The van der Waals surface area contributed by atoms with Gasteiger partial charge in [0.25, 0.3) is 11.8 Å². The topological polar surface area (TPSA) is 103 Å². The van der Waals surface area contributed by atoms with Crippen LogP contribution in [0.4, 0.5) is 32.0 Å². The SMILES string of the molecule is Cc1cc(C(F)(F)F)nc2sc(C(N)=O)c(NC(=O)c3nn(C)c(C(F)(F)F)c3Br)c12. The number of halogens is 7. The Hall–Kier alpha value is -2.68. The molecule has 3 N–H and O–H groups in total. The van der Waals surface area contributed by atoms with Crippen molar-refractivity contribution in [3.05, 3.63) is 38.1 Å². The van der Waals surface area contributed by atoms with Gasteiger partial charge in [-0.05, 0) is 34.5 Å². The molecule has 0 atom stereocenters. The number of pyridine rings is 1. The summed E-state index contributed by atoms with van der Waals surface area (Å²) in [6.07, 6.45) is -9.58. The second-order valence-electron chi connectivity index (χ2n) is 6.26. The van der Waals surface area contributed by atoms with Gasteiger partial charge in [-0.25, -0.2) is 4.98 Å². The molecule has 0 aliphatic carbocycles. The van der Waals surface area contributed by atoms with Gasteiger partial charge in [-0.15, -0.1) is 11.3 Å². The van der Waals surface area contributed by atoms with Crippen LogP contribution in [0.1, 0.15) is 37.1 Å². The number of carbonyl (C=O) groups excluding carboxylic acids is 2. The molecule has 0 saturated carbocycles. The number of carbonyl (C=O) groups is 2. The number of thiophene rings is 1. The molecule has 3 aromatic heterocycles. The summed E-state index contributed by atoms with van der Waals surface area (Å²) in [6.45, 7) is 1.30. The van der Waals surface area contributed by atoms with Gasteiger partial charge >= 0.3 is 12.4 Å². The lowest BCUT2D eigenvalue weighted by Crippen LogP contribution is -2.17. The number of nitrogens with one attached hydrogen (secondary N) is 1. The van der Waals surface area contributed by atoms with Crippen LogP contribution >= 0.6 is 27.3 Å². The Balaban J connectivity index is 2.14. The third kappa shape index (κ3) is 4.11. The predicted molar refractivity (Wildman–Crippen MR) is 102 cm³/mol. The maximum Gasteiger partial charge on any atom is 0.434 e. The van der Waals surface area contributed by atoms with Crippen LogP contribution in [-0.4, -0.2) is 26.6 Å². The van der Waals surface area contributed by atoms with Crippen LogP contribution in [0.3, 0.4) is 0 Å². The van der Waals surface area contributed by atoms with E-state index in [1.807, 2.05) is 0 Å². The van der Waals surface area contributed by atoms with Crippen molar-refractivity contribution < 1.29 is 35.9 Å². The average Bonchev–Trinajstić information content (AvgIpc) is 3.11. The molecule has 0 spiro atoms. The summed E-state index contributed by atoms with van der Waals surface area (Å²) >= 11 is 3.21. The normalized spacial score (nSPS) is 12.4. The number of primary amides is 1. The van der Waals surface area contributed by atoms with E-state index in [-0.39, 0.29) is 26.3 Å². The smallest absolute Gasteiger partial charge is 0.365 e. The van der Waals surface area contributed by atoms with E-state index >= 15 is 0 Å². The molecule has 0 bridgehead atoms. The molecule has 0 unspecified atom stereocenters. The number of hydrogen-bond donors (Lipinski definition) is 2. The van der Waals surface area contributed by atoms with E-state index in [0.29, 0.717) is 22.1 Å². The zero-order chi connectivity index (χ0) is 23.5. The fourth-order valence-electron chi connectivity index (χ4n) is 2.84. The van der Waals surface area contributed by atoms with Gasteiger partial charge in [0.2, 0.25) is 0 Å². The first-order valence-corrected chi connectivity index (χ1v) is 9.66. The van der Waals surface area contributed by atoms with Gasteiger partial charge in [0.05, 0.1) is 10.2 Å². The lowest BCUT2D eigenvalue weighted by Gasteiger charge is -2.09. The van der Waals surface area contributed by atoms with E-state index in [4.69, 9.17) is 5.73 Å². The molecular weight excluding hydrogens is 520 g/mol. The van der Waals surface area contributed by atoms with Crippen molar-refractivity contribution in [1.29, 1.82) is 0 Å². The number of nitrogens with two attached hydrogens (primary N) is 1. The molecule has 0 aliphatic heterocycles. The minimum absolute atomic E-state index is 0.00301. The van der Waals surface area contributed by atoms with Crippen LogP contribution in [0.15, 0.2) is 10.5 Å². The molecule has 0 aromatic carbocycles. The molecule has 166 valence electrons. The van der Waals surface area contributed by atoms with E-state index in [9.17, 15) is 35.9 Å². The van der Waals surface area contributed by atoms with Crippen molar-refractivity contribution in [3.63, 3.8) is 0 Å². The molecule has 0 saturated heterocycles. The molecule has 3 aromatic rings. The van der Waals surface area contributed by atoms with Crippen molar-refractivity contribution in [2.75, 3.05) is 5.32 Å². The highest BCUT2D eigenvalue weighted by Crippen LogP contribution is 2.41. The number of alkyl halides is 6. The quantitative estimate of drug-likeness (QED) is 0.488. The maximum atomic E-state index is 13.1. The van der Waals surface area contributed by atoms with Crippen LogP contribution in [0, 0.1) is 6.92 Å². The molecule has 15 heteroatoms. The van der Waals surface area contributed by atoms with Gasteiger partial charge < -0.3 is 11.1 Å². The first-order chi connectivity index (χ1) is 14.1. The predicted octanol–water partition coefficient (Wildman–Crippen LogP) is 4.49. The molecule has 7 nitrogen and oxygen atoms in total. The van der Waals surface area contributed by atoms with Gasteiger partial charge in [0.15, 0.2) is 11.4 Å². The van der Waals surface area contributed by atoms with Crippen molar-refractivity contribution in [2.45, 2.75) is 19.3 Å². The average molecular weight is 530 g/mol. The van der Waals surface area contributed by atoms with Crippen LogP contribution in [0.25, 0.3) is 10.2 Å². The summed E-state index contributed by atoms with van der Waals surface area (Å²) in [5.74, 6) is -2.21. The number of fused-ring (bicyclic) bond motifs is 1. The van der Waals surface area contributed by atoms with Crippen LogP contribution in [-0.2, 0) is 19.4 Å². The third-order valence-electron chi connectivity index (χ3n) is 4.08. The second kappa shape index (κ2) is 7.47. The molecule has 0 radical (unpaired) electrons. The van der Waals surface area contributed by atoms with Gasteiger partial charge in [-0.1, -0.05) is 0 Å². The zero-order valence-corrected chi connectivity index (χ0v) is 17.8. The number of amides is 2. The van der Waals surface area contributed by atoms with Crippen molar-refractivity contribution in [1.82, 2.24) is 14.8 Å². The first-order valence-electron chi connectivity index (χ1n) is 8.05. The van der Waals surface area contributed by atoms with E-state index in [2.05, 4.69) is 31.3 Å². The molecule has 2 amide bonds. The first kappa shape index (κ1) is 23.0. The van der Waals surface area contributed by atoms with E-state index in [1.54, 1.807) is 0 Å². The standard InChI is InChI=1S/C16H10BrF6N5O2S/c1-4-3-5(15(18,19)20)25-14-6(4)8(10(31-14)12(24)29)26-13(30)9-7(17)11(16(21,22)23)28(2)27-9/h3H,1-2H3,(H2,24,29)(H,26,30). The minimum Gasteiger partial charge on any atom is -0.365 e. The fourth-order valence-corrected chi connectivity index (χ4v) is 4.64. The minimum atomic E-state index is -4.82. The summed E-state index contributed by atoms with van der Waals surface area (Å²) in [5, 5.41) is 5.78. The Morgan fingerprint density at radius 3 is 2.29 bits per heavy atom. The molecule has 0 aliphatic rings. The van der Waals surface area contributed by atoms with Crippen LogP contribution in [0.2, 0.25) is 0 Å². The summed E-state index contributed by atoms with van der Waals surface area (Å²) in [7, 11) is 0.978. The van der Waals surface area contributed by atoms with Gasteiger partial charge in [0.1, 0.15) is 15.4 Å². The molecule has 3 rings (SSSR count). The zero-order valence-electron chi connectivity index (χ0n) is 15.4. The van der Waals surface area contributed by atoms with Gasteiger partial charge in [0, 0.05) is 12.4 Å². The monoisotopic (exact) mass is 529 g/mol. The number of hydrogen-bond acceptors (Lipinski definition) is 5. The Kier molecular flexibility index (Phi) is 5.54. The Bertz CT molecular complexity index is 1230. The Labute approximate surface area is 181 Å². The van der Waals surface area contributed by atoms with Crippen molar-refractivity contribution >= 4 is 55.0 Å². The second-order valence-corrected chi connectivity index (χ2v) is 8.05. The third-order valence-corrected chi connectivity index (χ3v) is 5.93. The highest BCUT2D eigenvalue weighted by Gasteiger charge is 2.40. The lowest BCUT2D eigenvalue weighted by atomic mass is 10.1. The Morgan fingerprint density at radius 1 is 1.19 bits per heavy atom. The number of rotatable bonds is 3. The lowest BCUT2D eigenvalue weighted by molar-refractivity contribution is -0.144. The van der Waals surface area contributed by atoms with E-state index in [1.165, 1.54) is 6.92 Å². The van der Waals surface area contributed by atoms with E-state index in [0.717, 1.165) is 7.05 Å². The molecule has 3 heterocycles. The number of aryl methyl sites for hydroxylation is 2. The highest BCUT2D eigenvalue weighted by molar-refractivity contribution is 9.10. The fraction of sp³-hybridized carbons (Fsp3) is 0.250. The summed E-state index contributed by atoms with van der Waals surface area (Å²) < 4.78 is 78.4. The molecular formula is C16H10BrF6N5O2S.